The maximum absolute atomic E-state index is 13.0. The minimum atomic E-state index is -3.34. The van der Waals surface area contributed by atoms with Crippen LogP contribution in [0.5, 0.6) is 0 Å². The number of hydrogen-bond donors (Lipinski definition) is 1. The number of carbonyl (C=O) groups excluding carboxylic acids is 1. The summed E-state index contributed by atoms with van der Waals surface area (Å²) in [5.41, 5.74) is 1.30. The molecule has 5 nitrogen and oxygen atoms in total. The number of anilines is 1. The minimum absolute atomic E-state index is 0.00795. The van der Waals surface area contributed by atoms with Crippen molar-refractivity contribution in [3.63, 3.8) is 0 Å². The third-order valence-corrected chi connectivity index (χ3v) is 6.61. The molecule has 3 aromatic rings. The standard InChI is InChI=1S/C19H17FN2O3S2/c1-2-27(24,25)16-5-3-4-15(11-16)22-19(23)17-12-21-18(26-17)10-13-6-8-14(20)9-7-13/h3-9,11-12H,2,10H2,1H3,(H,22,23). The van der Waals surface area contributed by atoms with E-state index in [9.17, 15) is 17.6 Å². The molecule has 0 aliphatic carbocycles. The summed E-state index contributed by atoms with van der Waals surface area (Å²) in [5.74, 6) is -0.666. The highest BCUT2D eigenvalue weighted by Crippen LogP contribution is 2.21. The average Bonchev–Trinajstić information content (AvgIpc) is 3.12. The van der Waals surface area contributed by atoms with Gasteiger partial charge in [-0.15, -0.1) is 11.3 Å². The zero-order valence-corrected chi connectivity index (χ0v) is 16.1. The molecule has 0 saturated heterocycles. The Hall–Kier alpha value is -2.58. The van der Waals surface area contributed by atoms with E-state index in [1.165, 1.54) is 41.8 Å². The van der Waals surface area contributed by atoms with E-state index in [0.29, 0.717) is 17.0 Å². The molecule has 27 heavy (non-hydrogen) atoms. The van der Waals surface area contributed by atoms with Crippen LogP contribution in [0.3, 0.4) is 0 Å². The Balaban J connectivity index is 1.71. The summed E-state index contributed by atoms with van der Waals surface area (Å²) < 4.78 is 36.9. The summed E-state index contributed by atoms with van der Waals surface area (Å²) >= 11 is 1.24. The lowest BCUT2D eigenvalue weighted by Gasteiger charge is -2.06. The second-order valence-corrected chi connectivity index (χ2v) is 9.20. The van der Waals surface area contributed by atoms with Crippen molar-refractivity contribution < 1.29 is 17.6 Å². The Labute approximate surface area is 160 Å². The number of hydrogen-bond acceptors (Lipinski definition) is 5. The SMILES string of the molecule is CCS(=O)(=O)c1cccc(NC(=O)c2cnc(Cc3ccc(F)cc3)s2)c1. The van der Waals surface area contributed by atoms with E-state index in [-0.39, 0.29) is 22.4 Å². The summed E-state index contributed by atoms with van der Waals surface area (Å²) in [7, 11) is -3.34. The van der Waals surface area contributed by atoms with Crippen molar-refractivity contribution in [3.8, 4) is 0 Å². The van der Waals surface area contributed by atoms with Crippen molar-refractivity contribution >= 4 is 32.8 Å². The minimum Gasteiger partial charge on any atom is -0.321 e. The van der Waals surface area contributed by atoms with E-state index in [1.807, 2.05) is 0 Å². The number of nitrogens with zero attached hydrogens (tertiary/aromatic N) is 1. The number of amides is 1. The molecule has 0 atom stereocenters. The highest BCUT2D eigenvalue weighted by molar-refractivity contribution is 7.91. The number of carbonyl (C=O) groups is 1. The second kappa shape index (κ2) is 7.98. The van der Waals surface area contributed by atoms with Gasteiger partial charge in [-0.1, -0.05) is 25.1 Å². The Morgan fingerprint density at radius 2 is 1.93 bits per heavy atom. The quantitative estimate of drug-likeness (QED) is 0.676. The molecule has 1 amide bonds. The summed E-state index contributed by atoms with van der Waals surface area (Å²) in [5, 5.41) is 3.43. The van der Waals surface area contributed by atoms with Crippen LogP contribution in [0.4, 0.5) is 10.1 Å². The number of rotatable bonds is 6. The Morgan fingerprint density at radius 1 is 1.19 bits per heavy atom. The van der Waals surface area contributed by atoms with E-state index >= 15 is 0 Å². The number of halogens is 1. The van der Waals surface area contributed by atoms with E-state index in [1.54, 1.807) is 31.2 Å². The molecule has 8 heteroatoms. The summed E-state index contributed by atoms with van der Waals surface area (Å²) in [4.78, 5) is 17.2. The monoisotopic (exact) mass is 404 g/mol. The van der Waals surface area contributed by atoms with Gasteiger partial charge in [0, 0.05) is 12.1 Å². The Bertz CT molecular complexity index is 1060. The molecular formula is C19H17FN2O3S2. The molecule has 0 unspecified atom stereocenters. The van der Waals surface area contributed by atoms with Gasteiger partial charge in [0.1, 0.15) is 10.7 Å². The fraction of sp³-hybridized carbons (Fsp3) is 0.158. The fourth-order valence-corrected chi connectivity index (χ4v) is 4.17. The largest absolute Gasteiger partial charge is 0.321 e. The van der Waals surface area contributed by atoms with Gasteiger partial charge >= 0.3 is 0 Å². The lowest BCUT2D eigenvalue weighted by Crippen LogP contribution is -2.11. The Morgan fingerprint density at radius 3 is 2.63 bits per heavy atom. The van der Waals surface area contributed by atoms with E-state index < -0.39 is 9.84 Å². The first-order valence-electron chi connectivity index (χ1n) is 8.20. The molecule has 1 heterocycles. The zero-order chi connectivity index (χ0) is 19.4. The predicted molar refractivity (Wildman–Crippen MR) is 103 cm³/mol. The number of benzene rings is 2. The molecule has 2 aromatic carbocycles. The Kier molecular flexibility index (Phi) is 5.67. The zero-order valence-electron chi connectivity index (χ0n) is 14.5. The molecule has 0 aliphatic heterocycles. The average molecular weight is 404 g/mol. The van der Waals surface area contributed by atoms with Crippen LogP contribution < -0.4 is 5.32 Å². The van der Waals surface area contributed by atoms with Gasteiger partial charge in [-0.3, -0.25) is 4.79 Å². The highest BCUT2D eigenvalue weighted by Gasteiger charge is 2.15. The first-order chi connectivity index (χ1) is 12.9. The summed E-state index contributed by atoms with van der Waals surface area (Å²) in [6, 6.07) is 12.3. The normalized spacial score (nSPS) is 11.3. The van der Waals surface area contributed by atoms with Crippen LogP contribution in [0.25, 0.3) is 0 Å². The number of aromatic nitrogens is 1. The smallest absolute Gasteiger partial charge is 0.267 e. The van der Waals surface area contributed by atoms with Gasteiger partial charge in [-0.05, 0) is 35.9 Å². The van der Waals surface area contributed by atoms with Crippen LogP contribution in [-0.2, 0) is 16.3 Å². The van der Waals surface area contributed by atoms with Crippen LogP contribution in [-0.4, -0.2) is 25.1 Å². The van der Waals surface area contributed by atoms with Crippen LogP contribution in [0.2, 0.25) is 0 Å². The van der Waals surface area contributed by atoms with Gasteiger partial charge < -0.3 is 5.32 Å². The van der Waals surface area contributed by atoms with Crippen LogP contribution >= 0.6 is 11.3 Å². The molecule has 1 N–H and O–H groups in total. The van der Waals surface area contributed by atoms with Crippen molar-refractivity contribution in [2.75, 3.05) is 11.1 Å². The molecular weight excluding hydrogens is 387 g/mol. The lowest BCUT2D eigenvalue weighted by atomic mass is 10.2. The van der Waals surface area contributed by atoms with Gasteiger partial charge in [0.2, 0.25) is 0 Å². The lowest BCUT2D eigenvalue weighted by molar-refractivity contribution is 0.103. The van der Waals surface area contributed by atoms with E-state index in [0.717, 1.165) is 10.6 Å². The molecule has 0 bridgehead atoms. The van der Waals surface area contributed by atoms with Crippen molar-refractivity contribution in [2.45, 2.75) is 18.2 Å². The maximum Gasteiger partial charge on any atom is 0.267 e. The molecule has 0 saturated carbocycles. The fourth-order valence-electron chi connectivity index (χ4n) is 2.40. The van der Waals surface area contributed by atoms with Crippen molar-refractivity contribution in [1.82, 2.24) is 4.98 Å². The van der Waals surface area contributed by atoms with Crippen molar-refractivity contribution in [3.05, 3.63) is 76.0 Å². The van der Waals surface area contributed by atoms with E-state index in [4.69, 9.17) is 0 Å². The third-order valence-electron chi connectivity index (χ3n) is 3.88. The second-order valence-electron chi connectivity index (χ2n) is 5.81. The summed E-state index contributed by atoms with van der Waals surface area (Å²) in [6.07, 6.45) is 1.98. The van der Waals surface area contributed by atoms with Gasteiger partial charge in [0.25, 0.3) is 5.91 Å². The molecule has 3 rings (SSSR count). The molecule has 0 spiro atoms. The molecule has 1 aromatic heterocycles. The highest BCUT2D eigenvalue weighted by atomic mass is 32.2. The van der Waals surface area contributed by atoms with Gasteiger partial charge in [-0.2, -0.15) is 0 Å². The van der Waals surface area contributed by atoms with Crippen molar-refractivity contribution in [2.24, 2.45) is 0 Å². The van der Waals surface area contributed by atoms with Crippen LogP contribution in [0.15, 0.2) is 59.6 Å². The molecule has 0 fully saturated rings. The summed E-state index contributed by atoms with van der Waals surface area (Å²) in [6.45, 7) is 1.57. The van der Waals surface area contributed by atoms with Crippen LogP contribution in [0.1, 0.15) is 27.2 Å². The molecule has 0 aliphatic rings. The number of sulfone groups is 1. The first kappa shape index (κ1) is 19.2. The van der Waals surface area contributed by atoms with Gasteiger partial charge in [0.05, 0.1) is 21.9 Å². The number of nitrogens with one attached hydrogen (secondary N) is 1. The van der Waals surface area contributed by atoms with Gasteiger partial charge in [0.15, 0.2) is 9.84 Å². The molecule has 140 valence electrons. The van der Waals surface area contributed by atoms with E-state index in [2.05, 4.69) is 10.3 Å². The topological polar surface area (TPSA) is 76.1 Å². The predicted octanol–water partition coefficient (Wildman–Crippen LogP) is 3.92. The first-order valence-corrected chi connectivity index (χ1v) is 10.7. The van der Waals surface area contributed by atoms with Crippen LogP contribution in [0, 0.1) is 5.82 Å². The maximum atomic E-state index is 13.0. The number of thiazole rings is 1. The molecule has 0 radical (unpaired) electrons. The van der Waals surface area contributed by atoms with Crippen molar-refractivity contribution in [1.29, 1.82) is 0 Å². The van der Waals surface area contributed by atoms with Gasteiger partial charge in [-0.25, -0.2) is 17.8 Å². The third kappa shape index (κ3) is 4.78.